The first-order valence-corrected chi connectivity index (χ1v) is 3.28. The minimum Gasteiger partial charge on any atom is -0.396 e. The van der Waals surface area contributed by atoms with E-state index in [1.165, 1.54) is 0 Å². The predicted octanol–water partition coefficient (Wildman–Crippen LogP) is 0.650. The lowest BCUT2D eigenvalue weighted by Crippen LogP contribution is -1.96. The molecule has 0 aromatic heterocycles. The van der Waals surface area contributed by atoms with Gasteiger partial charge in [0.05, 0.1) is 6.10 Å². The first-order valence-electron chi connectivity index (χ1n) is 3.28. The zero-order valence-corrected chi connectivity index (χ0v) is 6.22. The van der Waals surface area contributed by atoms with Crippen molar-refractivity contribution in [2.45, 2.75) is 20.0 Å². The van der Waals surface area contributed by atoms with E-state index in [2.05, 4.69) is 13.8 Å². The SMILES string of the molecule is CO[C@@H]1[C@@H](CO)C1(C)C. The van der Waals surface area contributed by atoms with E-state index in [9.17, 15) is 0 Å². The third kappa shape index (κ3) is 0.864. The molecule has 0 heterocycles. The van der Waals surface area contributed by atoms with Crippen LogP contribution in [0.3, 0.4) is 0 Å². The summed E-state index contributed by atoms with van der Waals surface area (Å²) in [5, 5.41) is 8.76. The highest BCUT2D eigenvalue weighted by molar-refractivity contribution is 5.06. The van der Waals surface area contributed by atoms with Crippen molar-refractivity contribution in [2.75, 3.05) is 13.7 Å². The molecule has 0 amide bonds. The average molecular weight is 130 g/mol. The molecule has 54 valence electrons. The summed E-state index contributed by atoms with van der Waals surface area (Å²) in [6, 6.07) is 0. The highest BCUT2D eigenvalue weighted by Crippen LogP contribution is 2.53. The van der Waals surface area contributed by atoms with Gasteiger partial charge in [-0.2, -0.15) is 0 Å². The summed E-state index contributed by atoms with van der Waals surface area (Å²) >= 11 is 0. The Morgan fingerprint density at radius 2 is 2.11 bits per heavy atom. The smallest absolute Gasteiger partial charge is 0.0682 e. The maximum Gasteiger partial charge on any atom is 0.0682 e. The first kappa shape index (κ1) is 7.03. The average Bonchev–Trinajstić information content (AvgIpc) is 2.32. The molecular formula is C7H14O2. The molecule has 2 heteroatoms. The molecule has 0 radical (unpaired) electrons. The molecule has 2 atom stereocenters. The number of ether oxygens (including phenoxy) is 1. The largest absolute Gasteiger partial charge is 0.396 e. The van der Waals surface area contributed by atoms with Crippen LogP contribution in [0.25, 0.3) is 0 Å². The summed E-state index contributed by atoms with van der Waals surface area (Å²) in [5.74, 6) is 0.363. The Bertz CT molecular complexity index is 97.5. The highest BCUT2D eigenvalue weighted by Gasteiger charge is 2.57. The van der Waals surface area contributed by atoms with Gasteiger partial charge in [0.1, 0.15) is 0 Å². The van der Waals surface area contributed by atoms with E-state index in [0.29, 0.717) is 5.92 Å². The summed E-state index contributed by atoms with van der Waals surface area (Å²) in [6.45, 7) is 4.48. The first-order chi connectivity index (χ1) is 4.14. The van der Waals surface area contributed by atoms with Crippen LogP contribution in [0, 0.1) is 11.3 Å². The number of hydrogen-bond donors (Lipinski definition) is 1. The van der Waals surface area contributed by atoms with E-state index in [4.69, 9.17) is 9.84 Å². The lowest BCUT2D eigenvalue weighted by atomic mass is 10.1. The maximum atomic E-state index is 8.76. The second-order valence-electron chi connectivity index (χ2n) is 3.27. The molecule has 1 aliphatic rings. The van der Waals surface area contributed by atoms with Gasteiger partial charge in [0, 0.05) is 19.6 Å². The van der Waals surface area contributed by atoms with E-state index in [1.807, 2.05) is 0 Å². The Kier molecular flexibility index (Phi) is 1.53. The molecule has 0 aliphatic heterocycles. The van der Waals surface area contributed by atoms with Gasteiger partial charge in [0.15, 0.2) is 0 Å². The van der Waals surface area contributed by atoms with Crippen molar-refractivity contribution >= 4 is 0 Å². The van der Waals surface area contributed by atoms with E-state index in [0.717, 1.165) is 0 Å². The van der Waals surface area contributed by atoms with Gasteiger partial charge in [-0.15, -0.1) is 0 Å². The summed E-state index contributed by atoms with van der Waals surface area (Å²) in [4.78, 5) is 0. The molecule has 1 fully saturated rings. The standard InChI is InChI=1S/C7H14O2/c1-7(2)5(4-8)6(7)9-3/h5-6,8H,4H2,1-3H3/t5-,6-/m1/s1. The lowest BCUT2D eigenvalue weighted by molar-refractivity contribution is 0.139. The minimum atomic E-state index is 0.212. The van der Waals surface area contributed by atoms with Crippen molar-refractivity contribution in [3.8, 4) is 0 Å². The van der Waals surface area contributed by atoms with Gasteiger partial charge < -0.3 is 9.84 Å². The fourth-order valence-corrected chi connectivity index (χ4v) is 1.49. The summed E-state index contributed by atoms with van der Waals surface area (Å²) in [7, 11) is 1.70. The number of aliphatic hydroxyl groups is 1. The molecule has 0 aromatic rings. The fraction of sp³-hybridized carbons (Fsp3) is 1.00. The molecule has 0 bridgehead atoms. The molecule has 2 nitrogen and oxygen atoms in total. The van der Waals surface area contributed by atoms with Crippen molar-refractivity contribution in [1.29, 1.82) is 0 Å². The van der Waals surface area contributed by atoms with Crippen molar-refractivity contribution in [2.24, 2.45) is 11.3 Å². The van der Waals surface area contributed by atoms with Gasteiger partial charge in [-0.1, -0.05) is 13.8 Å². The van der Waals surface area contributed by atoms with E-state index >= 15 is 0 Å². The van der Waals surface area contributed by atoms with Gasteiger partial charge in [0.2, 0.25) is 0 Å². The zero-order chi connectivity index (χ0) is 7.07. The Balaban J connectivity index is 2.45. The van der Waals surface area contributed by atoms with Gasteiger partial charge in [-0.3, -0.25) is 0 Å². The van der Waals surface area contributed by atoms with Crippen LogP contribution in [0.4, 0.5) is 0 Å². The van der Waals surface area contributed by atoms with Crippen LogP contribution in [0.5, 0.6) is 0 Å². The van der Waals surface area contributed by atoms with Crippen molar-refractivity contribution in [1.82, 2.24) is 0 Å². The minimum absolute atomic E-state index is 0.212. The summed E-state index contributed by atoms with van der Waals surface area (Å²) in [6.07, 6.45) is 0.280. The van der Waals surface area contributed by atoms with Crippen LogP contribution in [0.1, 0.15) is 13.8 Å². The van der Waals surface area contributed by atoms with E-state index in [1.54, 1.807) is 7.11 Å². The van der Waals surface area contributed by atoms with Gasteiger partial charge in [0.25, 0.3) is 0 Å². The van der Waals surface area contributed by atoms with Crippen LogP contribution in [-0.2, 0) is 4.74 Å². The maximum absolute atomic E-state index is 8.76. The van der Waals surface area contributed by atoms with Crippen molar-refractivity contribution in [3.63, 3.8) is 0 Å². The topological polar surface area (TPSA) is 29.5 Å². The van der Waals surface area contributed by atoms with Crippen molar-refractivity contribution in [3.05, 3.63) is 0 Å². The lowest BCUT2D eigenvalue weighted by Gasteiger charge is -1.97. The molecule has 0 aromatic carbocycles. The monoisotopic (exact) mass is 130 g/mol. The van der Waals surface area contributed by atoms with Crippen LogP contribution < -0.4 is 0 Å². The fourth-order valence-electron chi connectivity index (χ4n) is 1.49. The van der Waals surface area contributed by atoms with Crippen molar-refractivity contribution < 1.29 is 9.84 Å². The van der Waals surface area contributed by atoms with Crippen LogP contribution in [0.2, 0.25) is 0 Å². The molecule has 0 unspecified atom stereocenters. The Labute approximate surface area is 55.8 Å². The number of hydrogen-bond acceptors (Lipinski definition) is 2. The molecule has 0 saturated heterocycles. The van der Waals surface area contributed by atoms with Crippen LogP contribution in [-0.4, -0.2) is 24.9 Å². The number of rotatable bonds is 2. The highest BCUT2D eigenvalue weighted by atomic mass is 16.5. The molecule has 1 saturated carbocycles. The molecule has 1 aliphatic carbocycles. The predicted molar refractivity (Wildman–Crippen MR) is 35.2 cm³/mol. The molecule has 1 N–H and O–H groups in total. The van der Waals surface area contributed by atoms with Crippen LogP contribution in [0.15, 0.2) is 0 Å². The molecular weight excluding hydrogens is 116 g/mol. The second kappa shape index (κ2) is 1.96. The number of methoxy groups -OCH3 is 1. The van der Waals surface area contributed by atoms with Gasteiger partial charge in [-0.05, 0) is 5.41 Å². The number of aliphatic hydroxyl groups excluding tert-OH is 1. The summed E-state index contributed by atoms with van der Waals surface area (Å²) < 4.78 is 5.12. The van der Waals surface area contributed by atoms with E-state index < -0.39 is 0 Å². The second-order valence-corrected chi connectivity index (χ2v) is 3.27. The third-order valence-electron chi connectivity index (χ3n) is 2.40. The molecule has 0 spiro atoms. The molecule has 9 heavy (non-hydrogen) atoms. The quantitative estimate of drug-likeness (QED) is 0.594. The zero-order valence-electron chi connectivity index (χ0n) is 6.22. The Morgan fingerprint density at radius 3 is 2.22 bits per heavy atom. The van der Waals surface area contributed by atoms with E-state index in [-0.39, 0.29) is 18.1 Å². The van der Waals surface area contributed by atoms with Crippen LogP contribution >= 0.6 is 0 Å². The van der Waals surface area contributed by atoms with Gasteiger partial charge >= 0.3 is 0 Å². The Hall–Kier alpha value is -0.0800. The normalized spacial score (nSPS) is 38.7. The summed E-state index contributed by atoms with van der Waals surface area (Å²) in [5.41, 5.74) is 0.212. The molecule has 1 rings (SSSR count). The third-order valence-corrected chi connectivity index (χ3v) is 2.40. The Morgan fingerprint density at radius 1 is 1.56 bits per heavy atom. The van der Waals surface area contributed by atoms with Gasteiger partial charge in [-0.25, -0.2) is 0 Å².